The predicted molar refractivity (Wildman–Crippen MR) is 73.6 cm³/mol. The third kappa shape index (κ3) is 3.10. The first-order valence-corrected chi connectivity index (χ1v) is 7.21. The molecule has 0 aromatic carbocycles. The van der Waals surface area contributed by atoms with Gasteiger partial charge < -0.3 is 10.2 Å². The van der Waals surface area contributed by atoms with Gasteiger partial charge in [-0.3, -0.25) is 14.9 Å². The van der Waals surface area contributed by atoms with Gasteiger partial charge in [0.05, 0.1) is 9.80 Å². The average Bonchev–Trinajstić information content (AvgIpc) is 3.05. The van der Waals surface area contributed by atoms with Crippen LogP contribution in [0.1, 0.15) is 29.4 Å². The normalized spacial score (nSPS) is 18.5. The maximum atomic E-state index is 12.4. The van der Waals surface area contributed by atoms with E-state index in [1.54, 1.807) is 6.07 Å². The van der Waals surface area contributed by atoms with Crippen LogP contribution in [0.5, 0.6) is 0 Å². The van der Waals surface area contributed by atoms with Crippen LogP contribution >= 0.6 is 11.3 Å². The van der Waals surface area contributed by atoms with E-state index in [1.807, 2.05) is 11.8 Å². The predicted octanol–water partition coefficient (Wildman–Crippen LogP) is 1.87. The van der Waals surface area contributed by atoms with Crippen molar-refractivity contribution in [3.8, 4) is 0 Å². The number of hydrogen-bond donors (Lipinski definition) is 1. The fourth-order valence-corrected chi connectivity index (χ4v) is 3.06. The van der Waals surface area contributed by atoms with Crippen LogP contribution in [0, 0.1) is 10.1 Å². The number of nitro groups is 1. The molecule has 1 fully saturated rings. The van der Waals surface area contributed by atoms with Crippen molar-refractivity contribution in [1.82, 2.24) is 10.2 Å². The molecular formula is C12H17N3O3S. The first-order chi connectivity index (χ1) is 9.13. The summed E-state index contributed by atoms with van der Waals surface area (Å²) < 4.78 is 0. The number of carbonyl (C=O) groups excluding carboxylic acids is 1. The summed E-state index contributed by atoms with van der Waals surface area (Å²) in [5.41, 5.74) is 0. The fraction of sp³-hybridized carbons (Fsp3) is 0.583. The van der Waals surface area contributed by atoms with Gasteiger partial charge in [0, 0.05) is 25.2 Å². The van der Waals surface area contributed by atoms with E-state index in [0.29, 0.717) is 11.4 Å². The van der Waals surface area contributed by atoms with Crippen LogP contribution in [0.2, 0.25) is 0 Å². The van der Waals surface area contributed by atoms with E-state index in [-0.39, 0.29) is 17.0 Å². The number of amides is 1. The zero-order chi connectivity index (χ0) is 13.8. The molecule has 2 heterocycles. The highest BCUT2D eigenvalue weighted by Gasteiger charge is 2.28. The van der Waals surface area contributed by atoms with Gasteiger partial charge in [0.2, 0.25) is 0 Å². The molecule has 19 heavy (non-hydrogen) atoms. The quantitative estimate of drug-likeness (QED) is 0.661. The summed E-state index contributed by atoms with van der Waals surface area (Å²) in [5, 5.41) is 13.9. The highest BCUT2D eigenvalue weighted by atomic mass is 32.1. The zero-order valence-corrected chi connectivity index (χ0v) is 11.6. The summed E-state index contributed by atoms with van der Waals surface area (Å²) >= 11 is 0.951. The van der Waals surface area contributed by atoms with E-state index in [0.717, 1.165) is 37.3 Å². The van der Waals surface area contributed by atoms with Gasteiger partial charge >= 0.3 is 5.00 Å². The molecule has 1 amide bonds. The van der Waals surface area contributed by atoms with Crippen molar-refractivity contribution in [2.75, 3.05) is 19.6 Å². The van der Waals surface area contributed by atoms with Gasteiger partial charge in [0.1, 0.15) is 0 Å². The van der Waals surface area contributed by atoms with Crippen molar-refractivity contribution >= 4 is 22.2 Å². The lowest BCUT2D eigenvalue weighted by Crippen LogP contribution is -2.41. The van der Waals surface area contributed by atoms with Crippen molar-refractivity contribution < 1.29 is 9.72 Å². The molecule has 7 heteroatoms. The van der Waals surface area contributed by atoms with Gasteiger partial charge in [-0.15, -0.1) is 0 Å². The lowest BCUT2D eigenvalue weighted by atomic mass is 10.2. The van der Waals surface area contributed by atoms with Crippen LogP contribution in [0.3, 0.4) is 0 Å². The molecule has 0 saturated carbocycles. The van der Waals surface area contributed by atoms with E-state index in [2.05, 4.69) is 5.32 Å². The Kier molecular flexibility index (Phi) is 4.49. The molecule has 1 N–H and O–H groups in total. The number of rotatable bonds is 5. The topological polar surface area (TPSA) is 75.5 Å². The van der Waals surface area contributed by atoms with Crippen molar-refractivity contribution in [3.63, 3.8) is 0 Å². The molecule has 1 aromatic rings. The first kappa shape index (κ1) is 14.0. The Balaban J connectivity index is 2.15. The number of thiophene rings is 1. The van der Waals surface area contributed by atoms with Crippen molar-refractivity contribution in [2.24, 2.45) is 0 Å². The van der Waals surface area contributed by atoms with Gasteiger partial charge in [-0.1, -0.05) is 18.3 Å². The lowest BCUT2D eigenvalue weighted by Gasteiger charge is -2.27. The summed E-state index contributed by atoms with van der Waals surface area (Å²) in [6.45, 7) is 4.44. The number of hydrogen-bond acceptors (Lipinski definition) is 5. The number of carbonyl (C=O) groups is 1. The van der Waals surface area contributed by atoms with Crippen LogP contribution in [0.4, 0.5) is 5.00 Å². The molecule has 1 aliphatic rings. The maximum Gasteiger partial charge on any atom is 0.324 e. The Morgan fingerprint density at radius 2 is 2.42 bits per heavy atom. The van der Waals surface area contributed by atoms with Crippen LogP contribution in [0.15, 0.2) is 12.1 Å². The van der Waals surface area contributed by atoms with Crippen molar-refractivity contribution in [1.29, 1.82) is 0 Å². The average molecular weight is 283 g/mol. The molecule has 0 bridgehead atoms. The van der Waals surface area contributed by atoms with Gasteiger partial charge in [-0.05, 0) is 25.5 Å². The SMILES string of the molecule is CCCN(C(=O)c1ccc([N+](=O)[O-])s1)[C@H]1CCNC1. The second kappa shape index (κ2) is 6.12. The molecule has 1 atom stereocenters. The molecule has 1 saturated heterocycles. The van der Waals surface area contributed by atoms with Crippen molar-refractivity contribution in [3.05, 3.63) is 27.1 Å². The number of nitrogens with zero attached hydrogens (tertiary/aromatic N) is 2. The van der Waals surface area contributed by atoms with E-state index in [1.165, 1.54) is 6.07 Å². The summed E-state index contributed by atoms with van der Waals surface area (Å²) in [6, 6.07) is 3.15. The second-order valence-corrected chi connectivity index (χ2v) is 5.60. The van der Waals surface area contributed by atoms with E-state index in [4.69, 9.17) is 0 Å². The third-order valence-corrected chi connectivity index (χ3v) is 4.21. The van der Waals surface area contributed by atoms with E-state index < -0.39 is 4.92 Å². The summed E-state index contributed by atoms with van der Waals surface area (Å²) in [5.74, 6) is -0.0892. The number of nitrogens with one attached hydrogen (secondary N) is 1. The molecule has 0 aliphatic carbocycles. The molecule has 2 rings (SSSR count). The molecule has 104 valence electrons. The highest BCUT2D eigenvalue weighted by Crippen LogP contribution is 2.26. The van der Waals surface area contributed by atoms with Gasteiger partial charge in [0.15, 0.2) is 0 Å². The minimum absolute atomic E-state index is 0.0179. The minimum atomic E-state index is -0.456. The largest absolute Gasteiger partial charge is 0.334 e. The fourth-order valence-electron chi connectivity index (χ4n) is 2.28. The monoisotopic (exact) mass is 283 g/mol. The van der Waals surface area contributed by atoms with Crippen LogP contribution in [-0.2, 0) is 0 Å². The molecule has 0 spiro atoms. The van der Waals surface area contributed by atoms with Gasteiger partial charge in [0.25, 0.3) is 5.91 Å². The smallest absolute Gasteiger partial charge is 0.324 e. The lowest BCUT2D eigenvalue weighted by molar-refractivity contribution is -0.380. The summed E-state index contributed by atoms with van der Waals surface area (Å²) in [6.07, 6.45) is 1.83. The zero-order valence-electron chi connectivity index (χ0n) is 10.8. The van der Waals surface area contributed by atoms with Crippen LogP contribution < -0.4 is 5.32 Å². The Labute approximate surface area is 115 Å². The molecule has 1 aliphatic heterocycles. The maximum absolute atomic E-state index is 12.4. The van der Waals surface area contributed by atoms with Gasteiger partial charge in [-0.2, -0.15) is 0 Å². The van der Waals surface area contributed by atoms with Crippen molar-refractivity contribution in [2.45, 2.75) is 25.8 Å². The Hall–Kier alpha value is -1.47. The molecule has 6 nitrogen and oxygen atoms in total. The van der Waals surface area contributed by atoms with E-state index >= 15 is 0 Å². The molecule has 0 radical (unpaired) electrons. The van der Waals surface area contributed by atoms with Crippen LogP contribution in [-0.4, -0.2) is 41.4 Å². The molecule has 0 unspecified atom stereocenters. The highest BCUT2D eigenvalue weighted by molar-refractivity contribution is 7.17. The Morgan fingerprint density at radius 1 is 1.63 bits per heavy atom. The minimum Gasteiger partial charge on any atom is -0.334 e. The molecule has 1 aromatic heterocycles. The van der Waals surface area contributed by atoms with Crippen LogP contribution in [0.25, 0.3) is 0 Å². The Morgan fingerprint density at radius 3 is 2.95 bits per heavy atom. The Bertz CT molecular complexity index is 469. The van der Waals surface area contributed by atoms with E-state index in [9.17, 15) is 14.9 Å². The first-order valence-electron chi connectivity index (χ1n) is 6.39. The third-order valence-electron chi connectivity index (χ3n) is 3.18. The summed E-state index contributed by atoms with van der Waals surface area (Å²) in [7, 11) is 0. The standard InChI is InChI=1S/C12H17N3O3S/c1-2-7-14(9-5-6-13-8-9)12(16)10-3-4-11(19-10)15(17)18/h3-4,9,13H,2,5-8H2,1H3/t9-/m0/s1. The second-order valence-electron chi connectivity index (χ2n) is 4.54. The van der Waals surface area contributed by atoms with Gasteiger partial charge in [-0.25, -0.2) is 0 Å². The molecular weight excluding hydrogens is 266 g/mol. The summed E-state index contributed by atoms with van der Waals surface area (Å²) in [4.78, 5) is 25.0.